The number of aromatic nitrogens is 10. The van der Waals surface area contributed by atoms with Gasteiger partial charge in [-0.15, -0.1) is 0 Å². The Kier molecular flexibility index (Phi) is 13.7. The maximum Gasteiger partial charge on any atom is 0.182 e. The van der Waals surface area contributed by atoms with Crippen LogP contribution in [0.25, 0.3) is 209 Å². The SMILES string of the molecule is Cn1cnc2c(-n3c4ccccc4c4cc5c(cc43)c3ccccc3n5-c3ccccc3)cccc21.c1ccc(-n2c3ccccc3c3cc4c(cc32)c2ccccc2n4-c2cccc3ocnc23)cc1.c1ccc2cc(-n3c4ccccc4c4cc5c(cc43)c3ccccc3n5-c3cccc4cnccc34)ccc2c1. The molecule has 0 fully saturated rings. The van der Waals surface area contributed by atoms with Crippen molar-refractivity contribution >= 4 is 175 Å². The number of oxazole rings is 1. The largest absolute Gasteiger partial charge is 0.443 e. The number of nitrogens with zero attached hydrogens (tertiary/aromatic N) is 10. The quantitative estimate of drug-likeness (QED) is 0.166. The Morgan fingerprint density at radius 2 is 0.604 bits per heavy atom. The van der Waals surface area contributed by atoms with Crippen LogP contribution in [0.4, 0.5) is 0 Å². The third kappa shape index (κ3) is 9.42. The summed E-state index contributed by atoms with van der Waals surface area (Å²) in [6.07, 6.45) is 7.25. The molecule has 0 atom stereocenters. The highest BCUT2D eigenvalue weighted by Gasteiger charge is 2.25. The number of aryl methyl sites for hydroxylation is 1. The summed E-state index contributed by atoms with van der Waals surface area (Å²) in [4.78, 5) is 13.7. The number of fused-ring (bicyclic) bond motifs is 22. The molecule has 0 radical (unpaired) electrons. The van der Waals surface area contributed by atoms with Gasteiger partial charge >= 0.3 is 0 Å². The zero-order valence-electron chi connectivity index (χ0n) is 60.1. The second-order valence-corrected chi connectivity index (χ2v) is 28.8. The van der Waals surface area contributed by atoms with Crippen LogP contribution in [0.1, 0.15) is 0 Å². The van der Waals surface area contributed by atoms with Crippen molar-refractivity contribution in [1.82, 2.24) is 46.9 Å². The normalized spacial score (nSPS) is 12.0. The molecule has 11 nitrogen and oxygen atoms in total. The molecule has 0 saturated carbocycles. The van der Waals surface area contributed by atoms with E-state index in [0.29, 0.717) is 0 Å². The highest BCUT2D eigenvalue weighted by atomic mass is 16.3. The van der Waals surface area contributed by atoms with Gasteiger partial charge < -0.3 is 36.4 Å². The summed E-state index contributed by atoms with van der Waals surface area (Å²) < 4.78 is 22.0. The lowest BCUT2D eigenvalue weighted by Crippen LogP contribution is -1.96. The van der Waals surface area contributed by atoms with Gasteiger partial charge in [0.25, 0.3) is 0 Å². The summed E-state index contributed by atoms with van der Waals surface area (Å²) >= 11 is 0. The molecule has 0 aliphatic heterocycles. The number of hydrogen-bond acceptors (Lipinski definition) is 4. The summed E-state index contributed by atoms with van der Waals surface area (Å²) in [7, 11) is 2.05. The van der Waals surface area contributed by atoms with E-state index >= 15 is 0 Å². The van der Waals surface area contributed by atoms with Gasteiger partial charge in [0.15, 0.2) is 12.0 Å². The maximum atomic E-state index is 5.63. The van der Waals surface area contributed by atoms with Crippen LogP contribution in [0, 0.1) is 0 Å². The molecule has 111 heavy (non-hydrogen) atoms. The van der Waals surface area contributed by atoms with Crippen LogP contribution in [0.15, 0.2) is 375 Å². The third-order valence-corrected chi connectivity index (χ3v) is 22.9. The van der Waals surface area contributed by atoms with Crippen molar-refractivity contribution < 1.29 is 4.42 Å². The van der Waals surface area contributed by atoms with E-state index in [4.69, 9.17) is 9.40 Å². The lowest BCUT2D eigenvalue weighted by molar-refractivity contribution is 0.602. The average Bonchev–Trinajstić information content (AvgIpc) is 1.56. The Morgan fingerprint density at radius 1 is 0.234 bits per heavy atom. The summed E-state index contributed by atoms with van der Waals surface area (Å²) in [5.74, 6) is 0. The number of rotatable bonds is 6. The Labute approximate surface area is 634 Å². The molecule has 11 heteroatoms. The standard InChI is InChI=1S/C37H23N3.C32H22N4.C31H19N3O/c1-2-9-25-20-27(17-16-24(25)8-1)39-34-13-5-3-11-29(34)31-22-37-32(21-36(31)39)30-12-4-6-14-35(30)40(37)33-15-7-10-26-23-38-19-18-28(26)33;1-34-20-33-32-28(34)16-9-17-29(32)36-27-15-8-6-13-23(27)25-18-30-24(19-31(25)36)22-12-5-7-14-26(22)35(30)21-10-3-2-4-11-21;1-2-9-20(10-3-1)33-25-13-6-4-11-21(25)23-18-29-24(17-28(23)33)22-12-5-7-14-26(22)34(29)27-15-8-16-30-31(27)32-19-35-30/h1-23H;2-20H,1H3;1-19H. The molecule has 0 unspecified atom stereocenters. The smallest absolute Gasteiger partial charge is 0.182 e. The van der Waals surface area contributed by atoms with Crippen molar-refractivity contribution in [1.29, 1.82) is 0 Å². The fraction of sp³-hybridized carbons (Fsp3) is 0.0100. The van der Waals surface area contributed by atoms with E-state index in [9.17, 15) is 0 Å². The molecule has 9 heterocycles. The van der Waals surface area contributed by atoms with E-state index in [1.807, 2.05) is 37.9 Å². The van der Waals surface area contributed by atoms with E-state index in [1.165, 1.54) is 159 Å². The first-order chi connectivity index (χ1) is 55.0. The molecule has 0 N–H and O–H groups in total. The van der Waals surface area contributed by atoms with E-state index in [-0.39, 0.29) is 0 Å². The zero-order valence-corrected chi connectivity index (χ0v) is 60.1. The molecular formula is C100H64N10O. The summed E-state index contributed by atoms with van der Waals surface area (Å²) in [5.41, 5.74) is 25.0. The van der Waals surface area contributed by atoms with Crippen LogP contribution in [0.2, 0.25) is 0 Å². The first-order valence-electron chi connectivity index (χ1n) is 37.6. The fourth-order valence-corrected chi connectivity index (χ4v) is 18.1. The van der Waals surface area contributed by atoms with Crippen molar-refractivity contribution in [2.45, 2.75) is 0 Å². The fourth-order valence-electron chi connectivity index (χ4n) is 18.1. The van der Waals surface area contributed by atoms with Crippen LogP contribution < -0.4 is 0 Å². The molecule has 0 saturated heterocycles. The molecule has 0 amide bonds. The summed E-state index contributed by atoms with van der Waals surface area (Å²) in [6, 6.07) is 124. The third-order valence-electron chi connectivity index (χ3n) is 22.9. The minimum atomic E-state index is 0.787. The van der Waals surface area contributed by atoms with Crippen LogP contribution in [0.5, 0.6) is 0 Å². The number of para-hydroxylation sites is 10. The number of pyridine rings is 1. The molecule has 16 aromatic carbocycles. The van der Waals surface area contributed by atoms with Gasteiger partial charge in [-0.1, -0.05) is 200 Å². The lowest BCUT2D eigenvalue weighted by atomic mass is 10.1. The van der Waals surface area contributed by atoms with Gasteiger partial charge in [-0.25, -0.2) is 9.97 Å². The van der Waals surface area contributed by atoms with Gasteiger partial charge in [-0.2, -0.15) is 0 Å². The Morgan fingerprint density at radius 3 is 1.10 bits per heavy atom. The van der Waals surface area contributed by atoms with Crippen LogP contribution in [-0.4, -0.2) is 46.9 Å². The number of benzene rings is 16. The van der Waals surface area contributed by atoms with Crippen LogP contribution in [-0.2, 0) is 7.05 Å². The van der Waals surface area contributed by atoms with E-state index in [0.717, 1.165) is 55.6 Å². The minimum absolute atomic E-state index is 0.787. The first-order valence-corrected chi connectivity index (χ1v) is 37.6. The van der Waals surface area contributed by atoms with Crippen molar-refractivity contribution in [2.24, 2.45) is 7.05 Å². The highest BCUT2D eigenvalue weighted by molar-refractivity contribution is 6.23. The molecule has 0 aliphatic rings. The molecule has 520 valence electrons. The highest BCUT2D eigenvalue weighted by Crippen LogP contribution is 2.45. The van der Waals surface area contributed by atoms with Gasteiger partial charge in [-0.05, 0) is 156 Å². The van der Waals surface area contributed by atoms with E-state index < -0.39 is 0 Å². The number of imidazole rings is 1. The predicted molar refractivity (Wildman–Crippen MR) is 460 cm³/mol. The Hall–Kier alpha value is -15.1. The molecule has 25 aromatic rings. The summed E-state index contributed by atoms with van der Waals surface area (Å²) in [6.45, 7) is 0. The Balaban J connectivity index is 0.0000000999. The van der Waals surface area contributed by atoms with Gasteiger partial charge in [0, 0.05) is 112 Å². The van der Waals surface area contributed by atoms with Gasteiger partial charge in [0.1, 0.15) is 11.0 Å². The van der Waals surface area contributed by atoms with E-state index in [2.05, 4.69) is 376 Å². The monoisotopic (exact) mass is 1420 g/mol. The molecule has 25 rings (SSSR count). The molecule has 0 aliphatic carbocycles. The van der Waals surface area contributed by atoms with Gasteiger partial charge in [0.05, 0.1) is 95.1 Å². The average molecular weight is 1420 g/mol. The molecular weight excluding hydrogens is 1360 g/mol. The number of hydrogen-bond donors (Lipinski definition) is 0. The molecule has 9 aromatic heterocycles. The maximum absolute atomic E-state index is 5.63. The van der Waals surface area contributed by atoms with Gasteiger partial charge in [0.2, 0.25) is 0 Å². The predicted octanol–water partition coefficient (Wildman–Crippen LogP) is 25.4. The van der Waals surface area contributed by atoms with Crippen LogP contribution >= 0.6 is 0 Å². The minimum Gasteiger partial charge on any atom is -0.443 e. The van der Waals surface area contributed by atoms with Gasteiger partial charge in [-0.3, -0.25) is 4.98 Å². The summed E-state index contributed by atoms with van der Waals surface area (Å²) in [5, 5.41) is 19.7. The van der Waals surface area contributed by atoms with Crippen molar-refractivity contribution in [2.75, 3.05) is 0 Å². The van der Waals surface area contributed by atoms with Crippen LogP contribution in [0.3, 0.4) is 0 Å². The molecule has 0 spiro atoms. The van der Waals surface area contributed by atoms with Crippen molar-refractivity contribution in [3.05, 3.63) is 371 Å². The zero-order chi connectivity index (χ0) is 72.9. The second-order valence-electron chi connectivity index (χ2n) is 28.8. The Bertz CT molecular complexity index is 8110. The van der Waals surface area contributed by atoms with Crippen molar-refractivity contribution in [3.8, 4) is 34.1 Å². The second kappa shape index (κ2) is 24.5. The first kappa shape index (κ1) is 62.2. The van der Waals surface area contributed by atoms with E-state index in [1.54, 1.807) is 0 Å². The topological polar surface area (TPSA) is 86.3 Å². The lowest BCUT2D eigenvalue weighted by Gasteiger charge is -2.12. The van der Waals surface area contributed by atoms with Crippen molar-refractivity contribution in [3.63, 3.8) is 0 Å². The molecule has 0 bridgehead atoms.